The average molecular weight is 316 g/mol. The van der Waals surface area contributed by atoms with Crippen LogP contribution >= 0.6 is 0 Å². The summed E-state index contributed by atoms with van der Waals surface area (Å²) >= 11 is 0. The van der Waals surface area contributed by atoms with Gasteiger partial charge in [0, 0.05) is 24.0 Å². The number of hydrogen-bond acceptors (Lipinski definition) is 6. The topological polar surface area (TPSA) is 91.0 Å². The lowest BCUT2D eigenvalue weighted by atomic mass is 9.79. The highest BCUT2D eigenvalue weighted by atomic mass is 32.2. The third kappa shape index (κ3) is 4.08. The van der Waals surface area contributed by atoms with Gasteiger partial charge in [-0.05, 0) is 41.5 Å². The van der Waals surface area contributed by atoms with Gasteiger partial charge < -0.3 is 15.0 Å². The molecule has 1 aliphatic rings. The average Bonchev–Trinajstić information content (AvgIpc) is 2.46. The molecule has 1 heterocycles. The van der Waals surface area contributed by atoms with E-state index in [9.17, 15) is 8.42 Å². The van der Waals surface area contributed by atoms with Crippen LogP contribution in [0.25, 0.3) is 0 Å². The van der Waals surface area contributed by atoms with E-state index in [2.05, 4.69) is 4.99 Å². The predicted octanol–water partition coefficient (Wildman–Crippen LogP) is 1.31. The number of allylic oxidation sites excluding steroid dienone is 1. The molecule has 0 amide bonds. The Hall–Kier alpha value is -0.855. The zero-order valence-electron chi connectivity index (χ0n) is 13.8. The lowest BCUT2D eigenvalue weighted by Gasteiger charge is -2.32. The van der Waals surface area contributed by atoms with Crippen molar-refractivity contribution in [1.82, 2.24) is 0 Å². The van der Waals surface area contributed by atoms with Crippen LogP contribution in [0.4, 0.5) is 0 Å². The summed E-state index contributed by atoms with van der Waals surface area (Å²) in [6, 6.07) is 0.00906. The van der Waals surface area contributed by atoms with E-state index < -0.39 is 28.2 Å². The smallest absolute Gasteiger partial charge is 0.399 e. The van der Waals surface area contributed by atoms with E-state index in [0.717, 1.165) is 6.26 Å². The molecular weight excluding hydrogens is 291 g/mol. The quantitative estimate of drug-likeness (QED) is 0.624. The van der Waals surface area contributed by atoms with Gasteiger partial charge in [-0.2, -0.15) is 0 Å². The van der Waals surface area contributed by atoms with Crippen molar-refractivity contribution in [3.05, 3.63) is 10.5 Å². The fourth-order valence-corrected chi connectivity index (χ4v) is 2.23. The maximum atomic E-state index is 11.7. The van der Waals surface area contributed by atoms with Crippen LogP contribution in [0.2, 0.25) is 0 Å². The van der Waals surface area contributed by atoms with Crippen molar-refractivity contribution in [3.63, 3.8) is 0 Å². The summed E-state index contributed by atoms with van der Waals surface area (Å²) in [7, 11) is -4.41. The molecule has 0 aromatic heterocycles. The van der Waals surface area contributed by atoms with Crippen molar-refractivity contribution in [2.45, 2.75) is 58.8 Å². The van der Waals surface area contributed by atoms with E-state index in [0.29, 0.717) is 0 Å². The second kappa shape index (κ2) is 5.74. The number of nitrogens with two attached hydrogens (primary N) is 1. The maximum Gasteiger partial charge on any atom is 0.499 e. The molecule has 1 fully saturated rings. The minimum absolute atomic E-state index is 0.00906. The monoisotopic (exact) mass is 316 g/mol. The van der Waals surface area contributed by atoms with E-state index in [1.807, 2.05) is 41.5 Å². The first kappa shape index (κ1) is 18.2. The van der Waals surface area contributed by atoms with Crippen LogP contribution in [0.5, 0.6) is 0 Å². The van der Waals surface area contributed by atoms with Crippen molar-refractivity contribution in [1.29, 1.82) is 0 Å². The highest BCUT2D eigenvalue weighted by Crippen LogP contribution is 2.38. The fourth-order valence-electron chi connectivity index (χ4n) is 1.65. The molecule has 1 aliphatic heterocycles. The largest absolute Gasteiger partial charge is 0.499 e. The first-order chi connectivity index (χ1) is 9.28. The van der Waals surface area contributed by atoms with Crippen LogP contribution in [0.15, 0.2) is 15.5 Å². The lowest BCUT2D eigenvalue weighted by molar-refractivity contribution is 0.00578. The molecule has 0 aromatic carbocycles. The molecule has 21 heavy (non-hydrogen) atoms. The number of nitrogens with zero attached hydrogens (tertiary/aromatic N) is 1. The zero-order valence-corrected chi connectivity index (χ0v) is 14.6. The van der Waals surface area contributed by atoms with Gasteiger partial charge in [0.1, 0.15) is 5.03 Å². The first-order valence-corrected chi connectivity index (χ1v) is 8.75. The molecule has 0 aliphatic carbocycles. The van der Waals surface area contributed by atoms with Crippen molar-refractivity contribution in [2.24, 2.45) is 10.7 Å². The normalized spacial score (nSPS) is 23.0. The minimum Gasteiger partial charge on any atom is -0.399 e. The van der Waals surface area contributed by atoms with Gasteiger partial charge in [-0.1, -0.05) is 0 Å². The summed E-state index contributed by atoms with van der Waals surface area (Å²) < 4.78 is 35.2. The SMILES string of the molecule is CC(C)N=C/C(B1OC(C)(C)C(C)(C)O1)=C(\N)S(C)(=O)=O. The summed E-state index contributed by atoms with van der Waals surface area (Å²) in [5.41, 5.74) is 4.87. The van der Waals surface area contributed by atoms with Crippen molar-refractivity contribution < 1.29 is 17.7 Å². The van der Waals surface area contributed by atoms with Crippen LogP contribution in [0, 0.1) is 0 Å². The van der Waals surface area contributed by atoms with Crippen molar-refractivity contribution >= 4 is 23.2 Å². The molecule has 120 valence electrons. The predicted molar refractivity (Wildman–Crippen MR) is 85.8 cm³/mol. The van der Waals surface area contributed by atoms with E-state index in [-0.39, 0.29) is 16.5 Å². The molecule has 1 rings (SSSR count). The van der Waals surface area contributed by atoms with E-state index in [4.69, 9.17) is 15.0 Å². The van der Waals surface area contributed by atoms with Gasteiger partial charge in [-0.3, -0.25) is 4.99 Å². The Labute approximate surface area is 127 Å². The summed E-state index contributed by atoms with van der Waals surface area (Å²) in [5.74, 6) is 0. The molecule has 0 aromatic rings. The second-order valence-corrected chi connectivity index (χ2v) is 8.54. The number of hydrogen-bond donors (Lipinski definition) is 1. The third-order valence-electron chi connectivity index (χ3n) is 3.70. The summed E-state index contributed by atoms with van der Waals surface area (Å²) in [5, 5.41) is -0.273. The Kier molecular flexibility index (Phi) is 4.97. The Morgan fingerprint density at radius 2 is 1.62 bits per heavy atom. The third-order valence-corrected chi connectivity index (χ3v) is 4.74. The number of rotatable bonds is 4. The van der Waals surface area contributed by atoms with E-state index in [1.165, 1.54) is 6.21 Å². The summed E-state index contributed by atoms with van der Waals surface area (Å²) in [4.78, 5) is 4.21. The fraction of sp³-hybridized carbons (Fsp3) is 0.769. The van der Waals surface area contributed by atoms with Crippen LogP contribution in [-0.2, 0) is 19.1 Å². The molecule has 0 saturated carbocycles. The van der Waals surface area contributed by atoms with Gasteiger partial charge in [0.15, 0.2) is 9.84 Å². The van der Waals surface area contributed by atoms with Crippen LogP contribution in [0.1, 0.15) is 41.5 Å². The molecule has 2 N–H and O–H groups in total. The molecule has 0 atom stereocenters. The van der Waals surface area contributed by atoms with Crippen molar-refractivity contribution in [3.8, 4) is 0 Å². The number of aliphatic imine (C=N–C) groups is 1. The Bertz CT molecular complexity index is 549. The molecule has 8 heteroatoms. The first-order valence-electron chi connectivity index (χ1n) is 6.86. The van der Waals surface area contributed by atoms with Gasteiger partial charge >= 0.3 is 7.12 Å². The van der Waals surface area contributed by atoms with Crippen LogP contribution in [0.3, 0.4) is 0 Å². The van der Waals surface area contributed by atoms with Gasteiger partial charge in [-0.25, -0.2) is 8.42 Å². The summed E-state index contributed by atoms with van der Waals surface area (Å²) in [6.07, 6.45) is 2.49. The Morgan fingerprint density at radius 3 is 1.95 bits per heavy atom. The van der Waals surface area contributed by atoms with Crippen LogP contribution < -0.4 is 5.73 Å². The standard InChI is InChI=1S/C13H25BN2O4S/c1-9(2)16-8-10(11(15)21(7,17)18)14-19-12(3,4)13(5,6)20-14/h8-9H,15H2,1-7H3/b11-10-,16-8?. The summed E-state index contributed by atoms with van der Waals surface area (Å²) in [6.45, 7) is 11.3. The molecule has 0 bridgehead atoms. The molecule has 6 nitrogen and oxygen atoms in total. The Morgan fingerprint density at radius 1 is 1.19 bits per heavy atom. The lowest BCUT2D eigenvalue weighted by Crippen LogP contribution is -2.41. The van der Waals surface area contributed by atoms with Crippen molar-refractivity contribution in [2.75, 3.05) is 6.26 Å². The molecular formula is C13H25BN2O4S. The maximum absolute atomic E-state index is 11.7. The molecule has 1 saturated heterocycles. The highest BCUT2D eigenvalue weighted by molar-refractivity contribution is 7.94. The van der Waals surface area contributed by atoms with Gasteiger partial charge in [-0.15, -0.1) is 0 Å². The minimum atomic E-state index is -3.56. The van der Waals surface area contributed by atoms with Gasteiger partial charge in [0.25, 0.3) is 0 Å². The number of sulfone groups is 1. The highest BCUT2D eigenvalue weighted by Gasteiger charge is 2.53. The van der Waals surface area contributed by atoms with Gasteiger partial charge in [0.2, 0.25) is 0 Å². The molecule has 0 spiro atoms. The molecule has 0 unspecified atom stereocenters. The molecule has 0 radical (unpaired) electrons. The van der Waals surface area contributed by atoms with Gasteiger partial charge in [0.05, 0.1) is 11.2 Å². The van der Waals surface area contributed by atoms with E-state index >= 15 is 0 Å². The van der Waals surface area contributed by atoms with Crippen LogP contribution in [-0.4, -0.2) is 45.3 Å². The van der Waals surface area contributed by atoms with E-state index in [1.54, 1.807) is 0 Å². The Balaban J connectivity index is 3.30. The zero-order chi connectivity index (χ0) is 16.6. The second-order valence-electron chi connectivity index (χ2n) is 6.55.